The van der Waals surface area contributed by atoms with Gasteiger partial charge in [0, 0.05) is 32.6 Å². The second kappa shape index (κ2) is 6.37. The van der Waals surface area contributed by atoms with E-state index in [1.807, 2.05) is 0 Å². The first-order chi connectivity index (χ1) is 9.86. The minimum atomic E-state index is 0.879. The van der Waals surface area contributed by atoms with Gasteiger partial charge in [0.1, 0.15) is 5.82 Å². The summed E-state index contributed by atoms with van der Waals surface area (Å²) in [5.74, 6) is 2.73. The number of aromatic nitrogens is 3. The average molecular weight is 275 g/mol. The predicted molar refractivity (Wildman–Crippen MR) is 81.3 cm³/mol. The Morgan fingerprint density at radius 3 is 1.55 bits per heavy atom. The number of hydrogen-bond acceptors (Lipinski definition) is 5. The molecule has 2 aliphatic rings. The van der Waals surface area contributed by atoms with Gasteiger partial charge in [-0.2, -0.15) is 15.0 Å². The highest BCUT2D eigenvalue weighted by Crippen LogP contribution is 2.21. The Bertz CT molecular complexity index is 400. The summed E-state index contributed by atoms with van der Waals surface area (Å²) in [6.45, 7) is 6.48. The Morgan fingerprint density at radius 1 is 0.700 bits per heavy atom. The lowest BCUT2D eigenvalue weighted by molar-refractivity contribution is 0.553. The first-order valence-electron chi connectivity index (χ1n) is 8.11. The quantitative estimate of drug-likeness (QED) is 0.847. The van der Waals surface area contributed by atoms with Crippen LogP contribution in [0.3, 0.4) is 0 Å². The number of aryl methyl sites for hydroxylation is 1. The third-order valence-electron chi connectivity index (χ3n) is 4.25. The van der Waals surface area contributed by atoms with E-state index in [0.717, 1.165) is 50.3 Å². The summed E-state index contributed by atoms with van der Waals surface area (Å²) in [6, 6.07) is 0. The Balaban J connectivity index is 1.85. The van der Waals surface area contributed by atoms with Crippen molar-refractivity contribution in [3.63, 3.8) is 0 Å². The van der Waals surface area contributed by atoms with E-state index in [0.29, 0.717) is 0 Å². The van der Waals surface area contributed by atoms with Crippen LogP contribution in [0.5, 0.6) is 0 Å². The van der Waals surface area contributed by atoms with Gasteiger partial charge in [-0.05, 0) is 38.5 Å². The molecule has 3 heterocycles. The van der Waals surface area contributed by atoms with Gasteiger partial charge in [-0.1, -0.05) is 6.92 Å². The van der Waals surface area contributed by atoms with E-state index in [9.17, 15) is 0 Å². The van der Waals surface area contributed by atoms with E-state index in [-0.39, 0.29) is 0 Å². The van der Waals surface area contributed by atoms with Crippen LogP contribution in [-0.2, 0) is 6.42 Å². The zero-order valence-electron chi connectivity index (χ0n) is 12.5. The van der Waals surface area contributed by atoms with Crippen LogP contribution in [0.25, 0.3) is 0 Å². The fourth-order valence-corrected chi connectivity index (χ4v) is 3.02. The van der Waals surface area contributed by atoms with Crippen LogP contribution in [0.1, 0.15) is 51.3 Å². The molecule has 0 N–H and O–H groups in total. The number of piperidine rings is 2. The summed E-state index contributed by atoms with van der Waals surface area (Å²) in [4.78, 5) is 18.7. The highest BCUT2D eigenvalue weighted by molar-refractivity contribution is 5.39. The summed E-state index contributed by atoms with van der Waals surface area (Å²) < 4.78 is 0. The van der Waals surface area contributed by atoms with Crippen LogP contribution in [0.2, 0.25) is 0 Å². The van der Waals surface area contributed by atoms with Gasteiger partial charge >= 0.3 is 0 Å². The summed E-state index contributed by atoms with van der Waals surface area (Å²) >= 11 is 0. The second-order valence-electron chi connectivity index (χ2n) is 5.80. The van der Waals surface area contributed by atoms with Crippen molar-refractivity contribution in [1.82, 2.24) is 15.0 Å². The van der Waals surface area contributed by atoms with Crippen LogP contribution >= 0.6 is 0 Å². The molecule has 0 radical (unpaired) electrons. The fraction of sp³-hybridized carbons (Fsp3) is 0.800. The molecule has 0 spiro atoms. The van der Waals surface area contributed by atoms with E-state index in [1.165, 1.54) is 38.5 Å². The number of nitrogens with zero attached hydrogens (tertiary/aromatic N) is 5. The molecule has 2 saturated heterocycles. The van der Waals surface area contributed by atoms with Crippen molar-refractivity contribution in [3.8, 4) is 0 Å². The van der Waals surface area contributed by atoms with Crippen molar-refractivity contribution in [1.29, 1.82) is 0 Å². The van der Waals surface area contributed by atoms with Gasteiger partial charge in [0.05, 0.1) is 0 Å². The summed E-state index contributed by atoms with van der Waals surface area (Å²) in [5, 5.41) is 0. The largest absolute Gasteiger partial charge is 0.341 e. The van der Waals surface area contributed by atoms with Crippen LogP contribution < -0.4 is 9.80 Å². The Hall–Kier alpha value is -1.39. The predicted octanol–water partition coefficient (Wildman–Crippen LogP) is 2.41. The topological polar surface area (TPSA) is 45.2 Å². The van der Waals surface area contributed by atoms with Gasteiger partial charge in [-0.25, -0.2) is 0 Å². The van der Waals surface area contributed by atoms with Crippen molar-refractivity contribution >= 4 is 11.9 Å². The number of rotatable bonds is 3. The minimum Gasteiger partial charge on any atom is -0.341 e. The van der Waals surface area contributed by atoms with E-state index in [1.54, 1.807) is 0 Å². The molecule has 0 atom stereocenters. The summed E-state index contributed by atoms with van der Waals surface area (Å²) in [7, 11) is 0. The minimum absolute atomic E-state index is 0.879. The monoisotopic (exact) mass is 275 g/mol. The SMILES string of the molecule is CCc1nc(N2CCCCC2)nc(N2CCCCC2)n1. The van der Waals surface area contributed by atoms with Gasteiger partial charge in [0.25, 0.3) is 0 Å². The third-order valence-corrected chi connectivity index (χ3v) is 4.25. The van der Waals surface area contributed by atoms with Gasteiger partial charge in [0.2, 0.25) is 11.9 Å². The lowest BCUT2D eigenvalue weighted by atomic mass is 10.1. The third kappa shape index (κ3) is 3.02. The summed E-state index contributed by atoms with van der Waals surface area (Å²) in [6.07, 6.45) is 8.57. The van der Waals surface area contributed by atoms with Gasteiger partial charge in [0.15, 0.2) is 0 Å². The van der Waals surface area contributed by atoms with E-state index in [4.69, 9.17) is 4.98 Å². The molecule has 3 rings (SSSR count). The molecule has 0 aliphatic carbocycles. The Morgan fingerprint density at radius 2 is 1.15 bits per heavy atom. The van der Waals surface area contributed by atoms with Crippen molar-refractivity contribution < 1.29 is 0 Å². The molecule has 20 heavy (non-hydrogen) atoms. The molecule has 0 unspecified atom stereocenters. The lowest BCUT2D eigenvalue weighted by Gasteiger charge is -2.30. The smallest absolute Gasteiger partial charge is 0.230 e. The fourth-order valence-electron chi connectivity index (χ4n) is 3.02. The molecule has 110 valence electrons. The molecule has 0 saturated carbocycles. The van der Waals surface area contributed by atoms with Crippen molar-refractivity contribution in [2.75, 3.05) is 36.0 Å². The highest BCUT2D eigenvalue weighted by Gasteiger charge is 2.19. The molecular weight excluding hydrogens is 250 g/mol. The maximum absolute atomic E-state index is 4.76. The average Bonchev–Trinajstić information content (AvgIpc) is 2.56. The maximum Gasteiger partial charge on any atom is 0.230 e. The molecule has 1 aromatic rings. The van der Waals surface area contributed by atoms with Crippen LogP contribution in [0.15, 0.2) is 0 Å². The van der Waals surface area contributed by atoms with Gasteiger partial charge < -0.3 is 9.80 Å². The molecule has 0 amide bonds. The van der Waals surface area contributed by atoms with Gasteiger partial charge in [-0.15, -0.1) is 0 Å². The number of anilines is 2. The van der Waals surface area contributed by atoms with Crippen molar-refractivity contribution in [2.45, 2.75) is 51.9 Å². The second-order valence-corrected chi connectivity index (χ2v) is 5.80. The molecule has 5 heteroatoms. The van der Waals surface area contributed by atoms with E-state index >= 15 is 0 Å². The maximum atomic E-state index is 4.76. The van der Waals surface area contributed by atoms with E-state index in [2.05, 4.69) is 26.7 Å². The molecular formula is C15H25N5. The molecule has 0 aromatic carbocycles. The van der Waals surface area contributed by atoms with Crippen molar-refractivity contribution in [2.24, 2.45) is 0 Å². The van der Waals surface area contributed by atoms with Gasteiger partial charge in [-0.3, -0.25) is 0 Å². The molecule has 5 nitrogen and oxygen atoms in total. The lowest BCUT2D eigenvalue weighted by Crippen LogP contribution is -2.34. The van der Waals surface area contributed by atoms with Crippen molar-refractivity contribution in [3.05, 3.63) is 5.82 Å². The first kappa shape index (κ1) is 13.6. The summed E-state index contributed by atoms with van der Waals surface area (Å²) in [5.41, 5.74) is 0. The standard InChI is InChI=1S/C15H25N5/c1-2-13-16-14(19-9-5-3-6-10-19)18-15(17-13)20-11-7-4-8-12-20/h2-12H2,1H3. The van der Waals surface area contributed by atoms with Crippen LogP contribution in [-0.4, -0.2) is 41.1 Å². The molecule has 0 bridgehead atoms. The van der Waals surface area contributed by atoms with Crippen LogP contribution in [0.4, 0.5) is 11.9 Å². The molecule has 2 aliphatic heterocycles. The Kier molecular flexibility index (Phi) is 4.33. The first-order valence-corrected chi connectivity index (χ1v) is 8.11. The highest BCUT2D eigenvalue weighted by atomic mass is 15.3. The van der Waals surface area contributed by atoms with Crippen LogP contribution in [0, 0.1) is 0 Å². The normalized spacial score (nSPS) is 20.2. The van der Waals surface area contributed by atoms with E-state index < -0.39 is 0 Å². The Labute approximate surface area is 121 Å². The zero-order valence-corrected chi connectivity index (χ0v) is 12.5. The number of hydrogen-bond donors (Lipinski definition) is 0. The zero-order chi connectivity index (χ0) is 13.8. The molecule has 2 fully saturated rings. The molecule has 1 aromatic heterocycles.